The van der Waals surface area contributed by atoms with E-state index in [1.54, 1.807) is 6.07 Å². The Labute approximate surface area is 92.1 Å². The van der Waals surface area contributed by atoms with Crippen LogP contribution in [0, 0.1) is 0 Å². The Balaban J connectivity index is 2.23. The standard InChI is InChI=1S/C12H11NO3/c1-13-3-2-7-5-10-8(4-9(7)13)6-11(16-10)12(14)15/h4-6H,2-3H2,1H3,(H,14,15). The van der Waals surface area contributed by atoms with Crippen LogP contribution < -0.4 is 4.90 Å². The number of rotatable bonds is 1. The number of aromatic carboxylic acids is 1. The van der Waals surface area contributed by atoms with Crippen LogP contribution in [-0.2, 0) is 6.42 Å². The maximum absolute atomic E-state index is 10.8. The van der Waals surface area contributed by atoms with E-state index in [2.05, 4.69) is 4.90 Å². The molecule has 1 aromatic heterocycles. The molecule has 2 aromatic rings. The third-order valence-corrected chi connectivity index (χ3v) is 3.06. The van der Waals surface area contributed by atoms with Crippen molar-refractivity contribution in [1.29, 1.82) is 0 Å². The zero-order valence-electron chi connectivity index (χ0n) is 8.86. The van der Waals surface area contributed by atoms with Crippen molar-refractivity contribution in [2.75, 3.05) is 18.5 Å². The van der Waals surface area contributed by atoms with Crippen molar-refractivity contribution < 1.29 is 14.3 Å². The highest BCUT2D eigenvalue weighted by atomic mass is 16.4. The Morgan fingerprint density at radius 1 is 1.44 bits per heavy atom. The first kappa shape index (κ1) is 9.27. The first-order chi connectivity index (χ1) is 7.65. The molecule has 0 atom stereocenters. The highest BCUT2D eigenvalue weighted by Gasteiger charge is 2.19. The van der Waals surface area contributed by atoms with E-state index in [0.717, 1.165) is 18.4 Å². The second kappa shape index (κ2) is 3.01. The number of carboxylic acids is 1. The summed E-state index contributed by atoms with van der Waals surface area (Å²) in [4.78, 5) is 13.0. The predicted molar refractivity (Wildman–Crippen MR) is 60.1 cm³/mol. The van der Waals surface area contributed by atoms with Gasteiger partial charge in [0.2, 0.25) is 5.76 Å². The number of carboxylic acid groups (broad SMARTS) is 1. The number of carbonyl (C=O) groups is 1. The first-order valence-electron chi connectivity index (χ1n) is 5.16. The van der Waals surface area contributed by atoms with Crippen LogP contribution in [0.4, 0.5) is 5.69 Å². The Kier molecular flexibility index (Phi) is 1.74. The van der Waals surface area contributed by atoms with Crippen molar-refractivity contribution in [3.63, 3.8) is 0 Å². The van der Waals surface area contributed by atoms with Crippen LogP contribution in [-0.4, -0.2) is 24.7 Å². The van der Waals surface area contributed by atoms with E-state index < -0.39 is 5.97 Å². The van der Waals surface area contributed by atoms with E-state index in [1.165, 1.54) is 11.3 Å². The van der Waals surface area contributed by atoms with Crippen molar-refractivity contribution in [3.05, 3.63) is 29.5 Å². The molecule has 0 saturated carbocycles. The van der Waals surface area contributed by atoms with Crippen molar-refractivity contribution >= 4 is 22.6 Å². The fraction of sp³-hybridized carbons (Fsp3) is 0.250. The minimum Gasteiger partial charge on any atom is -0.475 e. The molecule has 1 N–H and O–H groups in total. The quantitative estimate of drug-likeness (QED) is 0.795. The smallest absolute Gasteiger partial charge is 0.371 e. The molecule has 0 amide bonds. The lowest BCUT2D eigenvalue weighted by molar-refractivity contribution is 0.0665. The van der Waals surface area contributed by atoms with Gasteiger partial charge in [0.15, 0.2) is 0 Å². The summed E-state index contributed by atoms with van der Waals surface area (Å²) < 4.78 is 5.27. The second-order valence-electron chi connectivity index (χ2n) is 4.11. The van der Waals surface area contributed by atoms with Gasteiger partial charge in [-0.1, -0.05) is 0 Å². The third kappa shape index (κ3) is 1.19. The van der Waals surface area contributed by atoms with E-state index in [9.17, 15) is 4.79 Å². The number of furan rings is 1. The summed E-state index contributed by atoms with van der Waals surface area (Å²) in [7, 11) is 2.04. The fourth-order valence-corrected chi connectivity index (χ4v) is 2.19. The van der Waals surface area contributed by atoms with Gasteiger partial charge in [-0.2, -0.15) is 0 Å². The normalized spacial score (nSPS) is 14.4. The minimum absolute atomic E-state index is 0.00123. The lowest BCUT2D eigenvalue weighted by atomic mass is 10.1. The van der Waals surface area contributed by atoms with Gasteiger partial charge in [-0.25, -0.2) is 4.79 Å². The van der Waals surface area contributed by atoms with Crippen LogP contribution >= 0.6 is 0 Å². The number of hydrogen-bond acceptors (Lipinski definition) is 3. The molecule has 16 heavy (non-hydrogen) atoms. The van der Waals surface area contributed by atoms with Crippen LogP contribution in [0.3, 0.4) is 0 Å². The molecule has 0 saturated heterocycles. The monoisotopic (exact) mass is 217 g/mol. The van der Waals surface area contributed by atoms with E-state index >= 15 is 0 Å². The first-order valence-corrected chi connectivity index (χ1v) is 5.16. The van der Waals surface area contributed by atoms with Crippen molar-refractivity contribution in [2.24, 2.45) is 0 Å². The summed E-state index contributed by atoms with van der Waals surface area (Å²) in [6, 6.07) is 5.51. The number of hydrogen-bond donors (Lipinski definition) is 1. The average Bonchev–Trinajstić information content (AvgIpc) is 2.80. The number of benzene rings is 1. The Bertz CT molecular complexity index is 585. The maximum atomic E-state index is 10.8. The number of likely N-dealkylation sites (N-methyl/N-ethyl adjacent to an activating group) is 1. The van der Waals surface area contributed by atoms with Gasteiger partial charge in [-0.05, 0) is 30.2 Å². The van der Waals surface area contributed by atoms with Crippen LogP contribution in [0.25, 0.3) is 11.0 Å². The van der Waals surface area contributed by atoms with Crippen molar-refractivity contribution in [3.8, 4) is 0 Å². The Morgan fingerprint density at radius 2 is 2.25 bits per heavy atom. The fourth-order valence-electron chi connectivity index (χ4n) is 2.19. The van der Waals surface area contributed by atoms with Crippen LogP contribution in [0.1, 0.15) is 16.1 Å². The van der Waals surface area contributed by atoms with Crippen molar-refractivity contribution in [1.82, 2.24) is 0 Å². The molecule has 0 fully saturated rings. The molecular weight excluding hydrogens is 206 g/mol. The van der Waals surface area contributed by atoms with E-state index in [4.69, 9.17) is 9.52 Å². The van der Waals surface area contributed by atoms with Crippen LogP contribution in [0.2, 0.25) is 0 Å². The second-order valence-corrected chi connectivity index (χ2v) is 4.11. The van der Waals surface area contributed by atoms with E-state index in [0.29, 0.717) is 5.58 Å². The largest absolute Gasteiger partial charge is 0.475 e. The lowest BCUT2D eigenvalue weighted by Crippen LogP contribution is -2.12. The summed E-state index contributed by atoms with van der Waals surface area (Å²) in [6.45, 7) is 1.01. The molecule has 4 heteroatoms. The molecule has 1 aromatic carbocycles. The molecule has 0 spiro atoms. The van der Waals surface area contributed by atoms with Gasteiger partial charge in [-0.3, -0.25) is 0 Å². The average molecular weight is 217 g/mol. The van der Waals surface area contributed by atoms with Gasteiger partial charge in [-0.15, -0.1) is 0 Å². The maximum Gasteiger partial charge on any atom is 0.371 e. The van der Waals surface area contributed by atoms with Crippen molar-refractivity contribution in [2.45, 2.75) is 6.42 Å². The van der Waals surface area contributed by atoms with Gasteiger partial charge in [0.05, 0.1) is 0 Å². The zero-order valence-corrected chi connectivity index (χ0v) is 8.86. The summed E-state index contributed by atoms with van der Waals surface area (Å²) >= 11 is 0. The summed E-state index contributed by atoms with van der Waals surface area (Å²) in [5.74, 6) is -1.02. The van der Waals surface area contributed by atoms with Gasteiger partial charge in [0.25, 0.3) is 0 Å². The van der Waals surface area contributed by atoms with E-state index in [1.807, 2.05) is 19.2 Å². The lowest BCUT2D eigenvalue weighted by Gasteiger charge is -2.10. The van der Waals surface area contributed by atoms with Gasteiger partial charge in [0.1, 0.15) is 5.58 Å². The molecule has 0 bridgehead atoms. The van der Waals surface area contributed by atoms with Crippen LogP contribution in [0.5, 0.6) is 0 Å². The highest BCUT2D eigenvalue weighted by molar-refractivity contribution is 5.93. The number of anilines is 1. The van der Waals surface area contributed by atoms with E-state index in [-0.39, 0.29) is 5.76 Å². The predicted octanol–water partition coefficient (Wildman–Crippen LogP) is 2.12. The molecule has 0 radical (unpaired) electrons. The molecule has 4 nitrogen and oxygen atoms in total. The molecule has 3 rings (SSSR count). The summed E-state index contributed by atoms with van der Waals surface area (Å²) in [5, 5.41) is 9.70. The summed E-state index contributed by atoms with van der Waals surface area (Å²) in [6.07, 6.45) is 0.991. The number of nitrogens with zero attached hydrogens (tertiary/aromatic N) is 1. The summed E-state index contributed by atoms with van der Waals surface area (Å²) in [5.41, 5.74) is 3.05. The SMILES string of the molecule is CN1CCc2cc3oc(C(=O)O)cc3cc21. The Morgan fingerprint density at radius 3 is 3.00 bits per heavy atom. The molecular formula is C12H11NO3. The molecule has 2 heterocycles. The zero-order chi connectivity index (χ0) is 11.3. The minimum atomic E-state index is -1.02. The Hall–Kier alpha value is -1.97. The highest BCUT2D eigenvalue weighted by Crippen LogP contribution is 2.32. The topological polar surface area (TPSA) is 53.7 Å². The molecule has 0 aliphatic carbocycles. The number of fused-ring (bicyclic) bond motifs is 2. The molecule has 82 valence electrons. The molecule has 1 aliphatic rings. The van der Waals surface area contributed by atoms with Gasteiger partial charge >= 0.3 is 5.97 Å². The third-order valence-electron chi connectivity index (χ3n) is 3.06. The molecule has 1 aliphatic heterocycles. The molecule has 0 unspecified atom stereocenters. The van der Waals surface area contributed by atoms with Gasteiger partial charge in [0, 0.05) is 24.7 Å². The van der Waals surface area contributed by atoms with Gasteiger partial charge < -0.3 is 14.4 Å². The van der Waals surface area contributed by atoms with Crippen LogP contribution in [0.15, 0.2) is 22.6 Å².